The van der Waals surface area contributed by atoms with E-state index < -0.39 is 10.0 Å². The van der Waals surface area contributed by atoms with Gasteiger partial charge < -0.3 is 5.32 Å². The largest absolute Gasteiger partial charge is 0.316 e. The van der Waals surface area contributed by atoms with Gasteiger partial charge in [0, 0.05) is 17.8 Å². The summed E-state index contributed by atoms with van der Waals surface area (Å²) in [5, 5.41) is 5.36. The second kappa shape index (κ2) is 7.26. The Bertz CT molecular complexity index is 527. The Kier molecular flexibility index (Phi) is 5.92. The minimum atomic E-state index is -3.37. The summed E-state index contributed by atoms with van der Waals surface area (Å²) in [5.74, 6) is 1.04. The van der Waals surface area contributed by atoms with E-state index in [0.717, 1.165) is 30.6 Å². The second-order valence-corrected chi connectivity index (χ2v) is 9.33. The summed E-state index contributed by atoms with van der Waals surface area (Å²) < 4.78 is 28.2. The van der Waals surface area contributed by atoms with Gasteiger partial charge in [0.15, 0.2) is 0 Å². The molecule has 1 heterocycles. The Hall–Kier alpha value is -0.0800. The van der Waals surface area contributed by atoms with Gasteiger partial charge in [0.05, 0.1) is 0 Å². The maximum absolute atomic E-state index is 12.4. The first-order valence-corrected chi connectivity index (χ1v) is 10.3. The highest BCUT2D eigenvalue weighted by Gasteiger charge is 2.31. The molecule has 1 saturated carbocycles. The van der Waals surface area contributed by atoms with Gasteiger partial charge in [-0.2, -0.15) is 11.8 Å². The van der Waals surface area contributed by atoms with E-state index in [9.17, 15) is 8.42 Å². The molecular weight excluding hydrogens is 312 g/mol. The molecule has 0 spiro atoms. The van der Waals surface area contributed by atoms with E-state index in [-0.39, 0.29) is 6.04 Å². The molecule has 0 aromatic carbocycles. The molecule has 114 valence electrons. The number of thioether (sulfide) groups is 1. The highest BCUT2D eigenvalue weighted by Crippen LogP contribution is 2.31. The van der Waals surface area contributed by atoms with Crippen molar-refractivity contribution in [3.8, 4) is 0 Å². The Morgan fingerprint density at radius 1 is 1.45 bits per heavy atom. The van der Waals surface area contributed by atoms with Crippen molar-refractivity contribution in [1.29, 1.82) is 0 Å². The highest BCUT2D eigenvalue weighted by atomic mass is 32.2. The van der Waals surface area contributed by atoms with E-state index in [1.807, 2.05) is 24.2 Å². The monoisotopic (exact) mass is 334 g/mol. The Morgan fingerprint density at radius 2 is 2.25 bits per heavy atom. The van der Waals surface area contributed by atoms with Crippen molar-refractivity contribution >= 4 is 33.1 Å². The fraction of sp³-hybridized carbons (Fsp3) is 0.692. The zero-order valence-corrected chi connectivity index (χ0v) is 14.3. The zero-order valence-electron chi connectivity index (χ0n) is 11.9. The lowest BCUT2D eigenvalue weighted by Gasteiger charge is -2.19. The van der Waals surface area contributed by atoms with Crippen LogP contribution in [-0.2, 0) is 16.6 Å². The van der Waals surface area contributed by atoms with Crippen molar-refractivity contribution in [3.05, 3.63) is 17.0 Å². The summed E-state index contributed by atoms with van der Waals surface area (Å²) >= 11 is 3.16. The molecule has 7 heteroatoms. The van der Waals surface area contributed by atoms with Gasteiger partial charge in [-0.15, -0.1) is 11.3 Å². The van der Waals surface area contributed by atoms with Crippen LogP contribution in [0.25, 0.3) is 0 Å². The molecule has 4 nitrogen and oxygen atoms in total. The van der Waals surface area contributed by atoms with Gasteiger partial charge in [0.25, 0.3) is 0 Å². The van der Waals surface area contributed by atoms with Crippen molar-refractivity contribution in [3.63, 3.8) is 0 Å². The first-order chi connectivity index (χ1) is 9.56. The van der Waals surface area contributed by atoms with Gasteiger partial charge in [-0.3, -0.25) is 0 Å². The average Bonchev–Trinajstić information content (AvgIpc) is 3.01. The average molecular weight is 335 g/mol. The van der Waals surface area contributed by atoms with Crippen molar-refractivity contribution < 1.29 is 8.42 Å². The molecule has 2 N–H and O–H groups in total. The van der Waals surface area contributed by atoms with Gasteiger partial charge in [-0.1, -0.05) is 13.3 Å². The molecule has 2 rings (SSSR count). The molecule has 0 radical (unpaired) electrons. The summed E-state index contributed by atoms with van der Waals surface area (Å²) in [7, 11) is -1.51. The van der Waals surface area contributed by atoms with Gasteiger partial charge >= 0.3 is 0 Å². The van der Waals surface area contributed by atoms with E-state index >= 15 is 0 Å². The third-order valence-corrected chi connectivity index (χ3v) is 7.72. The molecule has 0 amide bonds. The highest BCUT2D eigenvalue weighted by molar-refractivity contribution is 8.00. The van der Waals surface area contributed by atoms with E-state index in [1.165, 1.54) is 11.3 Å². The van der Waals surface area contributed by atoms with Crippen LogP contribution in [0.15, 0.2) is 15.7 Å². The van der Waals surface area contributed by atoms with Crippen LogP contribution >= 0.6 is 23.1 Å². The maximum atomic E-state index is 12.4. The fourth-order valence-corrected chi connectivity index (χ4v) is 6.34. The standard InChI is InChI=1S/C13H22N2O2S3/c1-3-18-12-6-4-5-11(12)15-20(16,17)13-7-10(8-14-2)9-19-13/h7,9,11-12,14-15H,3-6,8H2,1-2H3. The molecule has 1 aliphatic carbocycles. The molecule has 1 fully saturated rings. The molecule has 20 heavy (non-hydrogen) atoms. The van der Waals surface area contributed by atoms with E-state index in [0.29, 0.717) is 16.0 Å². The van der Waals surface area contributed by atoms with Crippen LogP contribution in [0.1, 0.15) is 31.7 Å². The third kappa shape index (κ3) is 3.98. The van der Waals surface area contributed by atoms with Crippen LogP contribution in [0.4, 0.5) is 0 Å². The fourth-order valence-electron chi connectivity index (χ4n) is 2.52. The van der Waals surface area contributed by atoms with E-state index in [2.05, 4.69) is 17.0 Å². The molecule has 2 atom stereocenters. The molecule has 0 saturated heterocycles. The van der Waals surface area contributed by atoms with Gasteiger partial charge in [0.1, 0.15) is 4.21 Å². The minimum Gasteiger partial charge on any atom is -0.316 e. The quantitative estimate of drug-likeness (QED) is 0.804. The second-order valence-electron chi connectivity index (χ2n) is 4.96. The molecule has 0 bridgehead atoms. The zero-order chi connectivity index (χ0) is 14.6. The normalized spacial score (nSPS) is 23.3. The number of hydrogen-bond donors (Lipinski definition) is 2. The summed E-state index contributed by atoms with van der Waals surface area (Å²) in [5.41, 5.74) is 1.02. The Balaban J connectivity index is 2.06. The van der Waals surface area contributed by atoms with Gasteiger partial charge in [0.2, 0.25) is 10.0 Å². The van der Waals surface area contributed by atoms with Crippen LogP contribution in [0.3, 0.4) is 0 Å². The smallest absolute Gasteiger partial charge is 0.250 e. The Morgan fingerprint density at radius 3 is 2.95 bits per heavy atom. The van der Waals surface area contributed by atoms with E-state index in [1.54, 1.807) is 6.07 Å². The van der Waals surface area contributed by atoms with Crippen LogP contribution in [-0.4, -0.2) is 32.5 Å². The summed E-state index contributed by atoms with van der Waals surface area (Å²) in [6.45, 7) is 2.82. The molecule has 1 aromatic rings. The SMILES string of the molecule is CCSC1CCCC1NS(=O)(=O)c1cc(CNC)cs1. The number of thiophene rings is 1. The molecule has 2 unspecified atom stereocenters. The van der Waals surface area contributed by atoms with Crippen LogP contribution < -0.4 is 10.0 Å². The first-order valence-electron chi connectivity index (χ1n) is 6.92. The number of hydrogen-bond acceptors (Lipinski definition) is 5. The van der Waals surface area contributed by atoms with Crippen molar-refractivity contribution in [2.24, 2.45) is 0 Å². The van der Waals surface area contributed by atoms with Gasteiger partial charge in [-0.25, -0.2) is 13.1 Å². The summed E-state index contributed by atoms with van der Waals surface area (Å²) in [6, 6.07) is 1.85. The van der Waals surface area contributed by atoms with Crippen LogP contribution in [0.5, 0.6) is 0 Å². The summed E-state index contributed by atoms with van der Waals surface area (Å²) in [6.07, 6.45) is 3.17. The first kappa shape index (κ1) is 16.3. The molecular formula is C13H22N2O2S3. The van der Waals surface area contributed by atoms with Crippen LogP contribution in [0.2, 0.25) is 0 Å². The Labute approximate surface area is 129 Å². The lowest BCUT2D eigenvalue weighted by molar-refractivity contribution is 0.557. The topological polar surface area (TPSA) is 58.2 Å². The number of rotatable bonds is 7. The lowest BCUT2D eigenvalue weighted by Crippen LogP contribution is -2.38. The molecule has 1 aliphatic rings. The number of sulfonamides is 1. The third-order valence-electron chi connectivity index (χ3n) is 3.42. The number of nitrogens with one attached hydrogen (secondary N) is 2. The molecule has 0 aliphatic heterocycles. The van der Waals surface area contributed by atoms with Crippen molar-refractivity contribution in [2.45, 2.75) is 48.2 Å². The van der Waals surface area contributed by atoms with E-state index in [4.69, 9.17) is 0 Å². The van der Waals surface area contributed by atoms with Crippen molar-refractivity contribution in [2.75, 3.05) is 12.8 Å². The maximum Gasteiger partial charge on any atom is 0.250 e. The minimum absolute atomic E-state index is 0.0831. The van der Waals surface area contributed by atoms with Gasteiger partial charge in [-0.05, 0) is 42.7 Å². The van der Waals surface area contributed by atoms with Crippen LogP contribution in [0, 0.1) is 0 Å². The van der Waals surface area contributed by atoms with Crippen molar-refractivity contribution in [1.82, 2.24) is 10.0 Å². The lowest BCUT2D eigenvalue weighted by atomic mass is 10.3. The predicted molar refractivity (Wildman–Crippen MR) is 87.0 cm³/mol. The summed E-state index contributed by atoms with van der Waals surface area (Å²) in [4.78, 5) is 0. The predicted octanol–water partition coefficient (Wildman–Crippen LogP) is 2.42. The molecule has 1 aromatic heterocycles.